The summed E-state index contributed by atoms with van der Waals surface area (Å²) < 4.78 is 28.7. The number of benzene rings is 2. The summed E-state index contributed by atoms with van der Waals surface area (Å²) in [5.41, 5.74) is 2.82. The molecule has 4 aliphatic rings. The average Bonchev–Trinajstić information content (AvgIpc) is 3.36. The van der Waals surface area contributed by atoms with Crippen LogP contribution in [0.4, 0.5) is 10.5 Å². The first kappa shape index (κ1) is 33.9. The Morgan fingerprint density at radius 1 is 0.958 bits per heavy atom. The van der Waals surface area contributed by atoms with Gasteiger partial charge in [0.2, 0.25) is 21.8 Å². The minimum atomic E-state index is -3.72. The van der Waals surface area contributed by atoms with Crippen molar-refractivity contribution in [2.75, 3.05) is 44.2 Å². The molecular weight excluding hydrogens is 636 g/mol. The molecule has 0 aromatic heterocycles. The molecule has 0 saturated carbocycles. The van der Waals surface area contributed by atoms with E-state index in [1.54, 1.807) is 23.1 Å². The van der Waals surface area contributed by atoms with Gasteiger partial charge in [0.1, 0.15) is 6.04 Å². The van der Waals surface area contributed by atoms with Crippen LogP contribution in [0, 0.1) is 0 Å². The molecule has 0 bridgehead atoms. The largest absolute Gasteiger partial charge is 0.465 e. The van der Waals surface area contributed by atoms with Crippen LogP contribution in [-0.4, -0.2) is 113 Å². The molecule has 1 unspecified atom stereocenters. The molecule has 2 aromatic carbocycles. The van der Waals surface area contributed by atoms with Crippen molar-refractivity contribution < 1.29 is 32.7 Å². The molecule has 14 heteroatoms. The normalized spacial score (nSPS) is 21.7. The summed E-state index contributed by atoms with van der Waals surface area (Å²) in [5, 5.41) is 12.1. The predicted octanol–water partition coefficient (Wildman–Crippen LogP) is 2.70. The number of imide groups is 1. The van der Waals surface area contributed by atoms with Crippen LogP contribution in [-0.2, 0) is 32.7 Å². The summed E-state index contributed by atoms with van der Waals surface area (Å²) in [6, 6.07) is 12.0. The lowest BCUT2D eigenvalue weighted by molar-refractivity contribution is -0.136. The van der Waals surface area contributed by atoms with Gasteiger partial charge in [-0.25, -0.2) is 13.2 Å². The molecule has 6 rings (SSSR count). The average molecular weight is 681 g/mol. The predicted molar refractivity (Wildman–Crippen MR) is 178 cm³/mol. The maximum absolute atomic E-state index is 13.6. The second kappa shape index (κ2) is 13.1. The molecule has 4 amide bonds. The molecule has 4 heterocycles. The highest BCUT2D eigenvalue weighted by molar-refractivity contribution is 7.89. The number of nitrogens with zero attached hydrogens (tertiary/aromatic N) is 5. The first-order valence-corrected chi connectivity index (χ1v) is 18.0. The molecule has 2 N–H and O–H groups in total. The van der Waals surface area contributed by atoms with E-state index in [4.69, 9.17) is 0 Å². The van der Waals surface area contributed by atoms with E-state index >= 15 is 0 Å². The molecule has 1 atom stereocenters. The molecule has 2 aromatic rings. The minimum Gasteiger partial charge on any atom is -0.465 e. The van der Waals surface area contributed by atoms with Gasteiger partial charge in [-0.05, 0) is 81.5 Å². The molecule has 3 fully saturated rings. The lowest BCUT2D eigenvalue weighted by Gasteiger charge is -2.43. The Kier molecular flexibility index (Phi) is 9.26. The topological polar surface area (TPSA) is 151 Å². The van der Waals surface area contributed by atoms with Crippen molar-refractivity contribution in [1.29, 1.82) is 0 Å². The van der Waals surface area contributed by atoms with Crippen molar-refractivity contribution in [3.8, 4) is 0 Å². The first-order chi connectivity index (χ1) is 22.7. The Labute approximate surface area is 281 Å². The standard InChI is InChI=1S/C34H44N6O7S/c1-34(2,3)40(33(44)45)25-11-13-38(14-12-25)48(46,47)27-6-4-5-23(19-27)21-36-15-17-37(18-16-36)26-7-8-28-24(20-26)22-39(32(28)43)29-9-10-30(41)35-31(29)42/h4-8,19-20,25,29H,9-18,21-22H2,1-3H3,(H,44,45)(H,35,41,42). The number of amides is 4. The van der Waals surface area contributed by atoms with Gasteiger partial charge in [0.05, 0.1) is 4.90 Å². The Morgan fingerprint density at radius 3 is 2.31 bits per heavy atom. The fourth-order valence-electron chi connectivity index (χ4n) is 7.46. The van der Waals surface area contributed by atoms with Crippen LogP contribution in [0.2, 0.25) is 0 Å². The Bertz CT molecular complexity index is 1710. The van der Waals surface area contributed by atoms with Gasteiger partial charge in [-0.15, -0.1) is 0 Å². The number of piperazine rings is 1. The van der Waals surface area contributed by atoms with Crippen LogP contribution in [0.3, 0.4) is 0 Å². The first-order valence-electron chi connectivity index (χ1n) is 16.6. The Hall–Kier alpha value is -4.01. The third-order valence-electron chi connectivity index (χ3n) is 9.90. The van der Waals surface area contributed by atoms with Crippen LogP contribution in [0.15, 0.2) is 47.4 Å². The summed E-state index contributed by atoms with van der Waals surface area (Å²) in [6.07, 6.45) is 0.464. The van der Waals surface area contributed by atoms with Gasteiger partial charge in [-0.3, -0.25) is 24.6 Å². The number of anilines is 1. The number of carbonyl (C=O) groups is 4. The Morgan fingerprint density at radius 2 is 1.67 bits per heavy atom. The van der Waals surface area contributed by atoms with E-state index in [0.717, 1.165) is 43.0 Å². The summed E-state index contributed by atoms with van der Waals surface area (Å²) in [5.74, 6) is -0.911. The van der Waals surface area contributed by atoms with Crippen LogP contribution >= 0.6 is 0 Å². The second-order valence-electron chi connectivity index (χ2n) is 14.1. The molecule has 0 radical (unpaired) electrons. The third-order valence-corrected chi connectivity index (χ3v) is 11.8. The number of fused-ring (bicyclic) bond motifs is 1. The molecular formula is C34H44N6O7S. The highest BCUT2D eigenvalue weighted by Crippen LogP contribution is 2.32. The maximum Gasteiger partial charge on any atom is 0.407 e. The van der Waals surface area contributed by atoms with Crippen molar-refractivity contribution in [2.45, 2.75) is 82.1 Å². The molecule has 258 valence electrons. The van der Waals surface area contributed by atoms with Gasteiger partial charge in [0, 0.05) is 81.6 Å². The van der Waals surface area contributed by atoms with Gasteiger partial charge >= 0.3 is 6.09 Å². The van der Waals surface area contributed by atoms with Crippen molar-refractivity contribution in [2.24, 2.45) is 0 Å². The van der Waals surface area contributed by atoms with Crippen LogP contribution < -0.4 is 10.2 Å². The molecule has 0 aliphatic carbocycles. The van der Waals surface area contributed by atoms with Crippen molar-refractivity contribution >= 4 is 39.5 Å². The zero-order valence-corrected chi connectivity index (χ0v) is 28.5. The number of carboxylic acid groups (broad SMARTS) is 1. The number of hydrogen-bond donors (Lipinski definition) is 2. The van der Waals surface area contributed by atoms with Crippen molar-refractivity contribution in [1.82, 2.24) is 24.3 Å². The second-order valence-corrected chi connectivity index (χ2v) is 16.0. The summed E-state index contributed by atoms with van der Waals surface area (Å²) in [7, 11) is -3.72. The van der Waals surface area contributed by atoms with Gasteiger partial charge in [0.15, 0.2) is 0 Å². The molecule has 4 aliphatic heterocycles. The van der Waals surface area contributed by atoms with E-state index in [1.165, 1.54) is 9.21 Å². The third kappa shape index (κ3) is 6.78. The van der Waals surface area contributed by atoms with Crippen molar-refractivity contribution in [3.05, 3.63) is 59.2 Å². The molecule has 3 saturated heterocycles. The van der Waals surface area contributed by atoms with Crippen molar-refractivity contribution in [3.63, 3.8) is 0 Å². The van der Waals surface area contributed by atoms with E-state index in [1.807, 2.05) is 45.0 Å². The minimum absolute atomic E-state index is 0.185. The highest BCUT2D eigenvalue weighted by Gasteiger charge is 2.40. The smallest absolute Gasteiger partial charge is 0.407 e. The number of hydrogen-bond acceptors (Lipinski definition) is 8. The number of nitrogens with one attached hydrogen (secondary N) is 1. The summed E-state index contributed by atoms with van der Waals surface area (Å²) in [6.45, 7) is 10.1. The summed E-state index contributed by atoms with van der Waals surface area (Å²) >= 11 is 0. The fraction of sp³-hybridized carbons (Fsp3) is 0.529. The van der Waals surface area contributed by atoms with Gasteiger partial charge < -0.3 is 19.8 Å². The number of sulfonamides is 1. The quantitative estimate of drug-likeness (QED) is 0.421. The maximum atomic E-state index is 13.6. The number of rotatable bonds is 7. The number of piperidine rings is 2. The lowest BCUT2D eigenvalue weighted by Crippen LogP contribution is -2.55. The SMILES string of the molecule is CC(C)(C)N(C(=O)O)C1CCN(S(=O)(=O)c2cccc(CN3CCN(c4ccc5c(c4)CN(C4CCC(=O)NC4=O)C5=O)CC3)c2)CC1. The van der Waals surface area contributed by atoms with E-state index in [0.29, 0.717) is 37.9 Å². The summed E-state index contributed by atoms with van der Waals surface area (Å²) in [4.78, 5) is 56.8. The van der Waals surface area contributed by atoms with Crippen LogP contribution in [0.25, 0.3) is 0 Å². The van der Waals surface area contributed by atoms with Crippen LogP contribution in [0.5, 0.6) is 0 Å². The molecule has 0 spiro atoms. The van der Waals surface area contributed by atoms with E-state index in [9.17, 15) is 32.7 Å². The zero-order chi connectivity index (χ0) is 34.4. The molecule has 48 heavy (non-hydrogen) atoms. The monoisotopic (exact) mass is 680 g/mol. The van der Waals surface area contributed by atoms with Gasteiger partial charge in [0.25, 0.3) is 5.91 Å². The molecule has 13 nitrogen and oxygen atoms in total. The van der Waals surface area contributed by atoms with E-state index < -0.39 is 33.6 Å². The lowest BCUT2D eigenvalue weighted by atomic mass is 9.98. The van der Waals surface area contributed by atoms with Crippen LogP contribution in [0.1, 0.15) is 67.9 Å². The van der Waals surface area contributed by atoms with E-state index in [-0.39, 0.29) is 42.3 Å². The van der Waals surface area contributed by atoms with E-state index in [2.05, 4.69) is 15.1 Å². The highest BCUT2D eigenvalue weighted by atomic mass is 32.2. The zero-order valence-electron chi connectivity index (χ0n) is 27.7. The Balaban J connectivity index is 1.04. The fourth-order valence-corrected chi connectivity index (χ4v) is 9.01. The van der Waals surface area contributed by atoms with Gasteiger partial charge in [-0.1, -0.05) is 12.1 Å². The van der Waals surface area contributed by atoms with Gasteiger partial charge in [-0.2, -0.15) is 4.31 Å². The number of carbonyl (C=O) groups excluding carboxylic acids is 3.